The van der Waals surface area contributed by atoms with Gasteiger partial charge in [-0.05, 0) is 24.5 Å². The number of nitrogens with zero attached hydrogens (tertiary/aromatic N) is 1. The summed E-state index contributed by atoms with van der Waals surface area (Å²) in [6.07, 6.45) is 1.97. The van der Waals surface area contributed by atoms with E-state index < -0.39 is 0 Å². The van der Waals surface area contributed by atoms with Crippen molar-refractivity contribution in [3.05, 3.63) is 65.2 Å². The highest BCUT2D eigenvalue weighted by atomic mass is 35.5. The maximum atomic E-state index is 12.4. The van der Waals surface area contributed by atoms with Gasteiger partial charge < -0.3 is 5.32 Å². The molecule has 23 heavy (non-hydrogen) atoms. The summed E-state index contributed by atoms with van der Waals surface area (Å²) in [6.45, 7) is 0. The molecule has 0 bridgehead atoms. The number of hydrogen-bond acceptors (Lipinski definition) is 4. The first kappa shape index (κ1) is 16.1. The fourth-order valence-electron chi connectivity index (χ4n) is 2.07. The number of carbonyl (C=O) groups is 1. The lowest BCUT2D eigenvalue weighted by atomic mass is 10.1. The third kappa shape index (κ3) is 3.75. The van der Waals surface area contributed by atoms with Crippen LogP contribution in [-0.4, -0.2) is 17.1 Å². The van der Waals surface area contributed by atoms with Crippen LogP contribution in [0.25, 0.3) is 11.3 Å². The second kappa shape index (κ2) is 7.17. The highest BCUT2D eigenvalue weighted by Crippen LogP contribution is 2.37. The van der Waals surface area contributed by atoms with Gasteiger partial charge in [-0.1, -0.05) is 71.1 Å². The summed E-state index contributed by atoms with van der Waals surface area (Å²) in [6, 6.07) is 16.7. The van der Waals surface area contributed by atoms with Gasteiger partial charge in [0.1, 0.15) is 10.7 Å². The zero-order valence-corrected chi connectivity index (χ0v) is 14.6. The van der Waals surface area contributed by atoms with E-state index in [1.54, 1.807) is 36.0 Å². The number of nitrogens with one attached hydrogen (secondary N) is 1. The van der Waals surface area contributed by atoms with Crippen molar-refractivity contribution in [1.82, 2.24) is 4.98 Å². The Bertz CT molecular complexity index is 834. The predicted molar refractivity (Wildman–Crippen MR) is 98.7 cm³/mol. The number of aromatic nitrogens is 1. The fourth-order valence-corrected chi connectivity index (χ4v) is 3.74. The highest BCUT2D eigenvalue weighted by Gasteiger charge is 2.16. The van der Waals surface area contributed by atoms with Gasteiger partial charge in [0.25, 0.3) is 5.91 Å². The fraction of sp³-hybridized carbons (Fsp3) is 0.0588. The second-order valence-corrected chi connectivity index (χ2v) is 7.18. The van der Waals surface area contributed by atoms with E-state index >= 15 is 0 Å². The van der Waals surface area contributed by atoms with Gasteiger partial charge in [-0.3, -0.25) is 4.79 Å². The van der Waals surface area contributed by atoms with Crippen molar-refractivity contribution in [2.75, 3.05) is 11.6 Å². The number of carbonyl (C=O) groups excluding carboxylic acids is 1. The SMILES string of the molecule is CSc1nc(-c2ccccc2)c(NC(=O)c2cccc(Cl)c2)s1. The first-order chi connectivity index (χ1) is 11.2. The second-order valence-electron chi connectivity index (χ2n) is 4.69. The molecule has 2 aromatic carbocycles. The Morgan fingerprint density at radius 1 is 1.17 bits per heavy atom. The molecule has 1 N–H and O–H groups in total. The van der Waals surface area contributed by atoms with Crippen LogP contribution in [0.3, 0.4) is 0 Å². The van der Waals surface area contributed by atoms with Crippen LogP contribution >= 0.6 is 34.7 Å². The number of amides is 1. The predicted octanol–water partition coefficient (Wildman–Crippen LogP) is 5.44. The topological polar surface area (TPSA) is 42.0 Å². The summed E-state index contributed by atoms with van der Waals surface area (Å²) in [7, 11) is 0. The number of halogens is 1. The number of benzene rings is 2. The molecule has 3 rings (SSSR count). The molecule has 0 saturated carbocycles. The molecule has 0 radical (unpaired) electrons. The van der Waals surface area contributed by atoms with Crippen LogP contribution in [0.4, 0.5) is 5.00 Å². The largest absolute Gasteiger partial charge is 0.312 e. The monoisotopic (exact) mass is 360 g/mol. The molecule has 3 nitrogen and oxygen atoms in total. The quantitative estimate of drug-likeness (QED) is 0.630. The Kier molecular flexibility index (Phi) is 5.00. The molecule has 1 amide bonds. The van der Waals surface area contributed by atoms with Gasteiger partial charge in [-0.25, -0.2) is 4.98 Å². The summed E-state index contributed by atoms with van der Waals surface area (Å²) in [5.41, 5.74) is 2.29. The van der Waals surface area contributed by atoms with E-state index in [-0.39, 0.29) is 5.91 Å². The van der Waals surface area contributed by atoms with Gasteiger partial charge in [0.15, 0.2) is 4.34 Å². The molecule has 3 aromatic rings. The summed E-state index contributed by atoms with van der Waals surface area (Å²) in [5, 5.41) is 4.23. The van der Waals surface area contributed by atoms with E-state index in [4.69, 9.17) is 11.6 Å². The van der Waals surface area contributed by atoms with Gasteiger partial charge in [-0.15, -0.1) is 0 Å². The van der Waals surface area contributed by atoms with Crippen molar-refractivity contribution in [1.29, 1.82) is 0 Å². The summed E-state index contributed by atoms with van der Waals surface area (Å²) >= 11 is 8.98. The molecule has 6 heteroatoms. The van der Waals surface area contributed by atoms with Gasteiger partial charge in [0, 0.05) is 16.1 Å². The molecule has 1 aromatic heterocycles. The lowest BCUT2D eigenvalue weighted by Gasteiger charge is -2.05. The van der Waals surface area contributed by atoms with Crippen LogP contribution in [0, 0.1) is 0 Å². The molecule has 116 valence electrons. The molecule has 0 atom stereocenters. The minimum absolute atomic E-state index is 0.194. The van der Waals surface area contributed by atoms with Gasteiger partial charge in [-0.2, -0.15) is 0 Å². The van der Waals surface area contributed by atoms with Crippen LogP contribution in [0.5, 0.6) is 0 Å². The van der Waals surface area contributed by atoms with Crippen molar-refractivity contribution in [2.45, 2.75) is 4.34 Å². The van der Waals surface area contributed by atoms with Crippen molar-refractivity contribution in [3.8, 4) is 11.3 Å². The maximum absolute atomic E-state index is 12.4. The van der Waals surface area contributed by atoms with Crippen LogP contribution in [-0.2, 0) is 0 Å². The Hall–Kier alpha value is -1.82. The molecular formula is C17H13ClN2OS2. The minimum Gasteiger partial charge on any atom is -0.312 e. The Labute approximate surface area is 147 Å². The number of thioether (sulfide) groups is 1. The normalized spacial score (nSPS) is 10.5. The van der Waals surface area contributed by atoms with Crippen molar-refractivity contribution < 1.29 is 4.79 Å². The third-order valence-corrected chi connectivity index (χ3v) is 5.33. The molecule has 0 aliphatic heterocycles. The Morgan fingerprint density at radius 2 is 1.96 bits per heavy atom. The van der Waals surface area contributed by atoms with E-state index in [0.717, 1.165) is 20.6 Å². The molecule has 0 spiro atoms. The van der Waals surface area contributed by atoms with Crippen molar-refractivity contribution in [3.63, 3.8) is 0 Å². The summed E-state index contributed by atoms with van der Waals surface area (Å²) in [5.74, 6) is -0.194. The Balaban J connectivity index is 1.93. The maximum Gasteiger partial charge on any atom is 0.256 e. The average Bonchev–Trinajstić information content (AvgIpc) is 2.98. The summed E-state index contributed by atoms with van der Waals surface area (Å²) < 4.78 is 0.908. The molecule has 0 aliphatic rings. The van der Waals surface area contributed by atoms with Crippen molar-refractivity contribution in [2.24, 2.45) is 0 Å². The third-order valence-electron chi connectivity index (χ3n) is 3.14. The zero-order valence-electron chi connectivity index (χ0n) is 12.2. The highest BCUT2D eigenvalue weighted by molar-refractivity contribution is 8.00. The lowest BCUT2D eigenvalue weighted by Crippen LogP contribution is -2.11. The van der Waals surface area contributed by atoms with E-state index in [1.165, 1.54) is 11.3 Å². The first-order valence-corrected chi connectivity index (χ1v) is 9.26. The van der Waals surface area contributed by atoms with Gasteiger partial charge >= 0.3 is 0 Å². The number of hydrogen-bond donors (Lipinski definition) is 1. The molecule has 0 unspecified atom stereocenters. The minimum atomic E-state index is -0.194. The summed E-state index contributed by atoms with van der Waals surface area (Å²) in [4.78, 5) is 17.1. The van der Waals surface area contributed by atoms with Crippen LogP contribution in [0.1, 0.15) is 10.4 Å². The number of anilines is 1. The van der Waals surface area contributed by atoms with Crippen LogP contribution < -0.4 is 5.32 Å². The first-order valence-electron chi connectivity index (χ1n) is 6.84. The molecular weight excluding hydrogens is 348 g/mol. The van der Waals surface area contributed by atoms with Crippen LogP contribution in [0.2, 0.25) is 5.02 Å². The number of rotatable bonds is 4. The smallest absolute Gasteiger partial charge is 0.256 e. The van der Waals surface area contributed by atoms with Gasteiger partial charge in [0.2, 0.25) is 0 Å². The van der Waals surface area contributed by atoms with Gasteiger partial charge in [0.05, 0.1) is 0 Å². The van der Waals surface area contributed by atoms with E-state index in [0.29, 0.717) is 10.6 Å². The molecule has 0 aliphatic carbocycles. The molecule has 0 saturated heterocycles. The van der Waals surface area contributed by atoms with E-state index in [9.17, 15) is 4.79 Å². The van der Waals surface area contributed by atoms with E-state index in [1.807, 2.05) is 36.6 Å². The zero-order chi connectivity index (χ0) is 16.2. The lowest BCUT2D eigenvalue weighted by molar-refractivity contribution is 0.102. The molecule has 0 fully saturated rings. The Morgan fingerprint density at radius 3 is 2.65 bits per heavy atom. The van der Waals surface area contributed by atoms with Crippen molar-refractivity contribution >= 4 is 45.6 Å². The molecule has 1 heterocycles. The standard InChI is InChI=1S/C17H13ClN2OS2/c1-22-17-19-14(11-6-3-2-4-7-11)16(23-17)20-15(21)12-8-5-9-13(18)10-12/h2-10H,1H3,(H,20,21). The van der Waals surface area contributed by atoms with Crippen LogP contribution in [0.15, 0.2) is 58.9 Å². The van der Waals surface area contributed by atoms with E-state index in [2.05, 4.69) is 10.3 Å². The average molecular weight is 361 g/mol. The number of thiazole rings is 1.